The van der Waals surface area contributed by atoms with Gasteiger partial charge >= 0.3 is 6.09 Å². The number of hydrogen-bond acceptors (Lipinski definition) is 7. The number of hydrogen-bond donors (Lipinski definition) is 1. The SMILES string of the molecule is CC(C)(C)OC(=O)N1CCC2(CCN(C(=O)C(C)(C)Oc3cccc(N4CCCC(C(=O)N(Cc5ccc(-c6cn[nH]c6)cc5)C5CC5)C4)c3)C2)C1. The minimum absolute atomic E-state index is 0.0505. The van der Waals surface area contributed by atoms with Crippen LogP contribution in [0, 0.1) is 11.3 Å². The van der Waals surface area contributed by atoms with E-state index in [4.69, 9.17) is 9.47 Å². The van der Waals surface area contributed by atoms with Gasteiger partial charge in [-0.05, 0) is 96.4 Å². The second kappa shape index (κ2) is 14.1. The van der Waals surface area contributed by atoms with Crippen LogP contribution in [0.25, 0.3) is 11.1 Å². The second-order valence-corrected chi connectivity index (χ2v) is 16.9. The highest BCUT2D eigenvalue weighted by atomic mass is 16.6. The molecule has 278 valence electrons. The number of rotatable bonds is 9. The van der Waals surface area contributed by atoms with Gasteiger partial charge in [-0.2, -0.15) is 5.10 Å². The molecule has 2 unspecified atom stereocenters. The van der Waals surface area contributed by atoms with Gasteiger partial charge in [0.15, 0.2) is 5.60 Å². The monoisotopic (exact) mass is 710 g/mol. The molecule has 2 atom stereocenters. The van der Waals surface area contributed by atoms with Crippen molar-refractivity contribution in [1.29, 1.82) is 0 Å². The first-order valence-electron chi connectivity index (χ1n) is 19.0. The van der Waals surface area contributed by atoms with E-state index in [2.05, 4.69) is 50.3 Å². The fraction of sp³-hybridized carbons (Fsp3) is 0.561. The van der Waals surface area contributed by atoms with Crippen molar-refractivity contribution >= 4 is 23.6 Å². The third kappa shape index (κ3) is 8.08. The Balaban J connectivity index is 0.954. The molecular formula is C41H54N6O5. The topological polar surface area (TPSA) is 111 Å². The van der Waals surface area contributed by atoms with Gasteiger partial charge in [0.25, 0.3) is 5.91 Å². The number of anilines is 1. The molecule has 0 bridgehead atoms. The Morgan fingerprint density at radius 3 is 2.35 bits per heavy atom. The van der Waals surface area contributed by atoms with Crippen LogP contribution in [0.1, 0.15) is 78.7 Å². The standard InChI is InChI=1S/C41H54N6O5/c1-39(2,3)52-38(50)46-21-18-41(28-46)17-20-45(27-41)37(49)40(4,5)51-35-10-6-9-34(22-35)44-19-7-8-31(26-44)36(48)47(33-15-16-33)25-29-11-13-30(14-12-29)32-23-42-43-24-32/h6,9-14,22-24,31,33H,7-8,15-21,25-28H2,1-5H3,(H,42,43). The number of carbonyl (C=O) groups is 3. The van der Waals surface area contributed by atoms with Crippen molar-refractivity contribution in [1.82, 2.24) is 24.9 Å². The molecule has 2 aromatic carbocycles. The quantitative estimate of drug-likeness (QED) is 0.270. The highest BCUT2D eigenvalue weighted by Gasteiger charge is 2.49. The van der Waals surface area contributed by atoms with Crippen LogP contribution in [-0.2, 0) is 20.9 Å². The predicted octanol–water partition coefficient (Wildman–Crippen LogP) is 6.50. The van der Waals surface area contributed by atoms with E-state index in [0.29, 0.717) is 51.1 Å². The fourth-order valence-corrected chi connectivity index (χ4v) is 8.15. The molecule has 11 nitrogen and oxygen atoms in total. The normalized spacial score (nSPS) is 22.2. The zero-order valence-electron chi connectivity index (χ0n) is 31.4. The average molecular weight is 711 g/mol. The average Bonchev–Trinajstić information content (AvgIpc) is 3.46. The Kier molecular flexibility index (Phi) is 9.73. The first-order chi connectivity index (χ1) is 24.8. The van der Waals surface area contributed by atoms with Gasteiger partial charge in [0.2, 0.25) is 5.91 Å². The lowest BCUT2D eigenvalue weighted by atomic mass is 9.86. The Hall–Kier alpha value is -4.54. The van der Waals surface area contributed by atoms with Crippen molar-refractivity contribution < 1.29 is 23.9 Å². The van der Waals surface area contributed by atoms with Gasteiger partial charge in [-0.15, -0.1) is 0 Å². The highest BCUT2D eigenvalue weighted by Crippen LogP contribution is 2.41. The highest BCUT2D eigenvalue weighted by molar-refractivity contribution is 5.85. The van der Waals surface area contributed by atoms with Gasteiger partial charge in [-0.1, -0.05) is 30.3 Å². The van der Waals surface area contributed by atoms with Crippen molar-refractivity contribution in [2.45, 2.75) is 96.9 Å². The molecule has 1 aromatic heterocycles. The van der Waals surface area contributed by atoms with Gasteiger partial charge in [0.05, 0.1) is 12.1 Å². The van der Waals surface area contributed by atoms with Crippen LogP contribution in [0.5, 0.6) is 5.75 Å². The molecule has 3 aliphatic heterocycles. The Morgan fingerprint density at radius 1 is 0.923 bits per heavy atom. The molecule has 4 aliphatic rings. The Morgan fingerprint density at radius 2 is 1.65 bits per heavy atom. The van der Waals surface area contributed by atoms with Crippen LogP contribution in [-0.4, -0.2) is 99.3 Å². The summed E-state index contributed by atoms with van der Waals surface area (Å²) in [6.45, 7) is 14.0. The van der Waals surface area contributed by atoms with E-state index in [0.717, 1.165) is 67.4 Å². The molecular weight excluding hydrogens is 656 g/mol. The van der Waals surface area contributed by atoms with Crippen LogP contribution in [0.4, 0.5) is 10.5 Å². The number of amides is 3. The summed E-state index contributed by atoms with van der Waals surface area (Å²) in [5.41, 5.74) is 2.57. The minimum atomic E-state index is -1.07. The minimum Gasteiger partial charge on any atom is -0.478 e. The Bertz CT molecular complexity index is 1750. The first kappa shape index (κ1) is 35.8. The largest absolute Gasteiger partial charge is 0.478 e. The number of aromatic nitrogens is 2. The first-order valence-corrected chi connectivity index (χ1v) is 19.0. The molecule has 7 rings (SSSR count). The number of piperidine rings is 1. The molecule has 1 spiro atoms. The lowest BCUT2D eigenvalue weighted by Crippen LogP contribution is -2.49. The summed E-state index contributed by atoms with van der Waals surface area (Å²) in [5, 5.41) is 6.92. The summed E-state index contributed by atoms with van der Waals surface area (Å²) >= 11 is 0. The molecule has 4 heterocycles. The van der Waals surface area contributed by atoms with Crippen LogP contribution < -0.4 is 9.64 Å². The van der Waals surface area contributed by atoms with Gasteiger partial charge in [-0.3, -0.25) is 14.7 Å². The molecule has 1 saturated carbocycles. The van der Waals surface area contributed by atoms with E-state index in [1.807, 2.05) is 70.1 Å². The molecule has 52 heavy (non-hydrogen) atoms. The van der Waals surface area contributed by atoms with Crippen LogP contribution in [0.3, 0.4) is 0 Å². The van der Waals surface area contributed by atoms with Crippen molar-refractivity contribution in [2.75, 3.05) is 44.2 Å². The molecule has 3 aromatic rings. The van der Waals surface area contributed by atoms with E-state index in [1.165, 1.54) is 0 Å². The molecule has 1 N–H and O–H groups in total. The molecule has 0 radical (unpaired) electrons. The molecule has 4 fully saturated rings. The molecule has 3 amide bonds. The van der Waals surface area contributed by atoms with Crippen molar-refractivity contribution in [3.8, 4) is 16.9 Å². The number of ether oxygens (including phenoxy) is 2. The summed E-state index contributed by atoms with van der Waals surface area (Å²) in [4.78, 5) is 48.8. The number of aromatic amines is 1. The third-order valence-corrected chi connectivity index (χ3v) is 11.1. The zero-order chi connectivity index (χ0) is 36.7. The summed E-state index contributed by atoms with van der Waals surface area (Å²) in [6, 6.07) is 16.7. The van der Waals surface area contributed by atoms with Crippen molar-refractivity contribution in [2.24, 2.45) is 11.3 Å². The van der Waals surface area contributed by atoms with Crippen molar-refractivity contribution in [3.05, 3.63) is 66.5 Å². The third-order valence-electron chi connectivity index (χ3n) is 11.1. The second-order valence-electron chi connectivity index (χ2n) is 16.9. The van der Waals surface area contributed by atoms with Crippen LogP contribution >= 0.6 is 0 Å². The number of H-pyrrole nitrogens is 1. The number of carbonyl (C=O) groups excluding carboxylic acids is 3. The number of nitrogens with one attached hydrogen (secondary N) is 1. The van der Waals surface area contributed by atoms with E-state index < -0.39 is 11.2 Å². The summed E-state index contributed by atoms with van der Waals surface area (Å²) in [5.74, 6) is 0.746. The summed E-state index contributed by atoms with van der Waals surface area (Å²) in [6.07, 6.45) is 9.07. The lowest BCUT2D eigenvalue weighted by Gasteiger charge is -2.37. The smallest absolute Gasteiger partial charge is 0.410 e. The molecule has 1 aliphatic carbocycles. The van der Waals surface area contributed by atoms with Gasteiger partial charge in [0, 0.05) is 80.8 Å². The summed E-state index contributed by atoms with van der Waals surface area (Å²) < 4.78 is 12.0. The number of nitrogens with zero attached hydrogens (tertiary/aromatic N) is 5. The zero-order valence-corrected chi connectivity index (χ0v) is 31.4. The van der Waals surface area contributed by atoms with E-state index in [-0.39, 0.29) is 29.2 Å². The van der Waals surface area contributed by atoms with Crippen LogP contribution in [0.15, 0.2) is 60.9 Å². The van der Waals surface area contributed by atoms with Gasteiger partial charge in [0.1, 0.15) is 11.4 Å². The maximum atomic E-state index is 14.1. The fourth-order valence-electron chi connectivity index (χ4n) is 8.15. The Labute approximate surface area is 307 Å². The summed E-state index contributed by atoms with van der Waals surface area (Å²) in [7, 11) is 0. The van der Waals surface area contributed by atoms with Gasteiger partial charge < -0.3 is 29.1 Å². The predicted molar refractivity (Wildman–Crippen MR) is 200 cm³/mol. The van der Waals surface area contributed by atoms with Crippen LogP contribution in [0.2, 0.25) is 0 Å². The lowest BCUT2D eigenvalue weighted by molar-refractivity contribution is -0.144. The van der Waals surface area contributed by atoms with E-state index in [9.17, 15) is 14.4 Å². The number of benzene rings is 2. The van der Waals surface area contributed by atoms with Gasteiger partial charge in [-0.25, -0.2) is 4.79 Å². The maximum absolute atomic E-state index is 14.1. The number of likely N-dealkylation sites (tertiary alicyclic amines) is 2. The van der Waals surface area contributed by atoms with Crippen molar-refractivity contribution in [3.63, 3.8) is 0 Å². The van der Waals surface area contributed by atoms with E-state index >= 15 is 0 Å². The molecule has 11 heteroatoms. The maximum Gasteiger partial charge on any atom is 0.410 e. The molecule has 3 saturated heterocycles. The van der Waals surface area contributed by atoms with E-state index in [1.54, 1.807) is 4.90 Å².